The van der Waals surface area contributed by atoms with E-state index in [-0.39, 0.29) is 29.2 Å². The Morgan fingerprint density at radius 2 is 2.07 bits per heavy atom. The molecule has 1 aromatic carbocycles. The molecule has 4 heteroatoms. The first-order chi connectivity index (χ1) is 14.4. The quantitative estimate of drug-likeness (QED) is 0.506. The fraction of sp³-hybridized carbons (Fsp3) is 0.577. The topological polar surface area (TPSA) is 29.5 Å². The van der Waals surface area contributed by atoms with Gasteiger partial charge in [-0.3, -0.25) is 9.69 Å². The molecule has 1 saturated heterocycles. The van der Waals surface area contributed by atoms with Crippen LogP contribution in [-0.2, 0) is 9.53 Å². The van der Waals surface area contributed by atoms with Gasteiger partial charge in [0, 0.05) is 25.6 Å². The lowest BCUT2D eigenvalue weighted by Gasteiger charge is -2.50. The van der Waals surface area contributed by atoms with Gasteiger partial charge < -0.3 is 4.74 Å². The number of fused-ring (bicyclic) bond motifs is 2. The minimum Gasteiger partial charge on any atom is -0.462 e. The van der Waals surface area contributed by atoms with E-state index < -0.39 is 0 Å². The molecule has 2 aliphatic heterocycles. The Bertz CT molecular complexity index is 876. The Balaban J connectivity index is 1.26. The summed E-state index contributed by atoms with van der Waals surface area (Å²) in [6.45, 7) is 9.32. The van der Waals surface area contributed by atoms with Gasteiger partial charge in [-0.05, 0) is 73.1 Å². The second-order valence-electron chi connectivity index (χ2n) is 10.1. The molecule has 0 spiro atoms. The van der Waals surface area contributed by atoms with Crippen LogP contribution in [-0.4, -0.2) is 36.6 Å². The molecule has 2 unspecified atom stereocenters. The van der Waals surface area contributed by atoms with E-state index in [0.29, 0.717) is 11.8 Å². The first-order valence-electron chi connectivity index (χ1n) is 11.5. The molecule has 0 N–H and O–H groups in total. The van der Waals surface area contributed by atoms with Crippen LogP contribution in [0.25, 0.3) is 5.57 Å². The summed E-state index contributed by atoms with van der Waals surface area (Å²) >= 11 is 0. The van der Waals surface area contributed by atoms with Crippen molar-refractivity contribution in [2.45, 2.75) is 51.6 Å². The van der Waals surface area contributed by atoms with E-state index in [1.54, 1.807) is 0 Å². The number of halogens is 1. The number of benzene rings is 1. The second-order valence-corrected chi connectivity index (χ2v) is 10.1. The maximum Gasteiger partial charge on any atom is 0.310 e. The third-order valence-corrected chi connectivity index (χ3v) is 8.28. The number of hydrogen-bond acceptors (Lipinski definition) is 3. The number of nitrogens with zero attached hydrogens (tertiary/aromatic N) is 1. The van der Waals surface area contributed by atoms with Crippen molar-refractivity contribution in [1.82, 2.24) is 4.90 Å². The number of hydrogen-bond donors (Lipinski definition) is 0. The molecular formula is C26H32FNO2. The van der Waals surface area contributed by atoms with E-state index in [4.69, 9.17) is 4.74 Å². The van der Waals surface area contributed by atoms with Crippen LogP contribution in [0.2, 0.25) is 0 Å². The average molecular weight is 410 g/mol. The number of allylic oxidation sites excluding steroid dienone is 1. The maximum absolute atomic E-state index is 13.2. The Morgan fingerprint density at radius 3 is 2.80 bits per heavy atom. The fourth-order valence-electron chi connectivity index (χ4n) is 6.55. The van der Waals surface area contributed by atoms with Gasteiger partial charge in [0.25, 0.3) is 0 Å². The molecule has 2 aliphatic carbocycles. The van der Waals surface area contributed by atoms with Crippen LogP contribution >= 0.6 is 0 Å². The third-order valence-electron chi connectivity index (χ3n) is 8.28. The van der Waals surface area contributed by atoms with Crippen molar-refractivity contribution in [3.05, 3.63) is 53.9 Å². The van der Waals surface area contributed by atoms with Crippen LogP contribution in [0.3, 0.4) is 0 Å². The standard InChI is InChI=1S/C26H32FNO2/c1-17-4-3-11-26(2)15-24-21(14-23(17)26)22(25(29)30-24)16-28-12-9-19(10-13-28)18-5-7-20(27)8-6-18/h5-9,21-24H,1,3-4,10-16H2,2H3/t21-,22?,23?,24-,26-/m1/s1. The fourth-order valence-corrected chi connectivity index (χ4v) is 6.55. The molecule has 0 radical (unpaired) electrons. The Hall–Kier alpha value is -1.94. The molecule has 0 amide bonds. The van der Waals surface area contributed by atoms with Crippen molar-refractivity contribution >= 4 is 11.5 Å². The zero-order chi connectivity index (χ0) is 20.9. The zero-order valence-corrected chi connectivity index (χ0v) is 17.9. The lowest BCUT2D eigenvalue weighted by atomic mass is 9.55. The van der Waals surface area contributed by atoms with Gasteiger partial charge in [0.05, 0.1) is 5.92 Å². The summed E-state index contributed by atoms with van der Waals surface area (Å²) in [6, 6.07) is 6.75. The van der Waals surface area contributed by atoms with Crippen LogP contribution in [0, 0.1) is 29.0 Å². The number of ether oxygens (including phenoxy) is 1. The highest BCUT2D eigenvalue weighted by Gasteiger charge is 2.55. The van der Waals surface area contributed by atoms with Crippen molar-refractivity contribution in [1.29, 1.82) is 0 Å². The van der Waals surface area contributed by atoms with Crippen LogP contribution < -0.4 is 0 Å². The molecule has 4 aliphatic rings. The second kappa shape index (κ2) is 7.64. The molecule has 5 rings (SSSR count). The van der Waals surface area contributed by atoms with Gasteiger partial charge >= 0.3 is 5.97 Å². The van der Waals surface area contributed by atoms with Crippen molar-refractivity contribution in [3.63, 3.8) is 0 Å². The van der Waals surface area contributed by atoms with Gasteiger partial charge in [-0.2, -0.15) is 0 Å². The summed E-state index contributed by atoms with van der Waals surface area (Å²) in [5.41, 5.74) is 4.01. The lowest BCUT2D eigenvalue weighted by Crippen LogP contribution is -2.46. The van der Waals surface area contributed by atoms with E-state index in [0.717, 1.165) is 50.9 Å². The molecule has 2 heterocycles. The summed E-state index contributed by atoms with van der Waals surface area (Å²) in [6.07, 6.45) is 8.89. The first kappa shape index (κ1) is 20.0. The number of esters is 1. The van der Waals surface area contributed by atoms with Crippen LogP contribution in [0.15, 0.2) is 42.5 Å². The highest BCUT2D eigenvalue weighted by atomic mass is 19.1. The smallest absolute Gasteiger partial charge is 0.310 e. The molecule has 2 saturated carbocycles. The Labute approximate surface area is 179 Å². The number of rotatable bonds is 3. The minimum absolute atomic E-state index is 0.00571. The largest absolute Gasteiger partial charge is 0.462 e. The van der Waals surface area contributed by atoms with Crippen molar-refractivity contribution in [2.24, 2.45) is 23.2 Å². The maximum atomic E-state index is 13.2. The first-order valence-corrected chi connectivity index (χ1v) is 11.5. The Kier molecular flexibility index (Phi) is 5.09. The van der Waals surface area contributed by atoms with Gasteiger partial charge in [-0.25, -0.2) is 4.39 Å². The lowest BCUT2D eigenvalue weighted by molar-refractivity contribution is -0.146. The zero-order valence-electron chi connectivity index (χ0n) is 17.9. The van der Waals surface area contributed by atoms with Gasteiger partial charge in [0.1, 0.15) is 11.9 Å². The molecule has 3 fully saturated rings. The van der Waals surface area contributed by atoms with E-state index in [2.05, 4.69) is 24.5 Å². The average Bonchev–Trinajstić information content (AvgIpc) is 3.01. The van der Waals surface area contributed by atoms with Crippen LogP contribution in [0.5, 0.6) is 0 Å². The van der Waals surface area contributed by atoms with Gasteiger partial charge in [-0.15, -0.1) is 0 Å². The minimum atomic E-state index is -0.199. The third kappa shape index (κ3) is 3.53. The monoisotopic (exact) mass is 409 g/mol. The van der Waals surface area contributed by atoms with Crippen LogP contribution in [0.1, 0.15) is 51.0 Å². The highest BCUT2D eigenvalue weighted by molar-refractivity contribution is 5.76. The molecular weight excluding hydrogens is 377 g/mol. The van der Waals surface area contributed by atoms with E-state index in [1.807, 2.05) is 12.1 Å². The summed E-state index contributed by atoms with van der Waals surface area (Å²) < 4.78 is 19.1. The summed E-state index contributed by atoms with van der Waals surface area (Å²) in [5.74, 6) is 0.653. The van der Waals surface area contributed by atoms with Gasteiger partial charge in [0.15, 0.2) is 0 Å². The summed E-state index contributed by atoms with van der Waals surface area (Å²) in [5, 5.41) is 0. The molecule has 3 nitrogen and oxygen atoms in total. The normalized spacial score (nSPS) is 36.7. The molecule has 30 heavy (non-hydrogen) atoms. The summed E-state index contributed by atoms with van der Waals surface area (Å²) in [7, 11) is 0. The number of carbonyl (C=O) groups excluding carboxylic acids is 1. The van der Waals surface area contributed by atoms with Crippen molar-refractivity contribution < 1.29 is 13.9 Å². The van der Waals surface area contributed by atoms with E-state index in [1.165, 1.54) is 36.1 Å². The van der Waals surface area contributed by atoms with Crippen molar-refractivity contribution in [2.75, 3.05) is 19.6 Å². The molecule has 1 aromatic rings. The molecule has 0 aromatic heterocycles. The van der Waals surface area contributed by atoms with Crippen molar-refractivity contribution in [3.8, 4) is 0 Å². The number of carbonyl (C=O) groups is 1. The van der Waals surface area contributed by atoms with Gasteiger partial charge in [-0.1, -0.05) is 37.3 Å². The van der Waals surface area contributed by atoms with Gasteiger partial charge in [0.2, 0.25) is 0 Å². The van der Waals surface area contributed by atoms with E-state index >= 15 is 0 Å². The SMILES string of the molecule is C=C1CCC[C@]2(C)C[C@H]3OC(=O)C(CN4CC=C(c5ccc(F)cc5)CC4)[C@H]3CC12. The Morgan fingerprint density at radius 1 is 1.27 bits per heavy atom. The summed E-state index contributed by atoms with van der Waals surface area (Å²) in [4.78, 5) is 15.2. The predicted octanol–water partition coefficient (Wildman–Crippen LogP) is 5.23. The molecule has 0 bridgehead atoms. The van der Waals surface area contributed by atoms with Crippen LogP contribution in [0.4, 0.5) is 4.39 Å². The van der Waals surface area contributed by atoms with E-state index in [9.17, 15) is 9.18 Å². The molecule has 160 valence electrons. The predicted molar refractivity (Wildman–Crippen MR) is 116 cm³/mol. The highest BCUT2D eigenvalue weighted by Crippen LogP contribution is 2.57. The molecule has 5 atom stereocenters.